The van der Waals surface area contributed by atoms with Crippen molar-refractivity contribution < 1.29 is 30.5 Å². The molecule has 0 aliphatic carbocycles. The number of aromatic nitrogens is 2. The zero-order valence-electron chi connectivity index (χ0n) is 13.0. The molecule has 3 N–H and O–H groups in total. The lowest BCUT2D eigenvalue weighted by molar-refractivity contribution is -0.0316. The van der Waals surface area contributed by atoms with Crippen LogP contribution >= 0.6 is 0 Å². The van der Waals surface area contributed by atoms with Crippen LogP contribution in [-0.4, -0.2) is 71.8 Å². The highest BCUT2D eigenvalue weighted by Gasteiger charge is 2.48. The number of carbonyl (C=O) groups excluding carboxylic acids is 1. The molecule has 26 heavy (non-hydrogen) atoms. The Morgan fingerprint density at radius 2 is 1.92 bits per heavy atom. The second-order valence-electron chi connectivity index (χ2n) is 5.60. The number of nitrogens with one attached hydrogen (secondary N) is 2. The number of fused-ring (bicyclic) bond motifs is 2. The summed E-state index contributed by atoms with van der Waals surface area (Å²) in [6, 6.07) is -2.44. The van der Waals surface area contributed by atoms with Gasteiger partial charge in [0.05, 0.1) is 24.5 Å². The van der Waals surface area contributed by atoms with E-state index in [1.54, 1.807) is 0 Å². The zero-order chi connectivity index (χ0) is 19.1. The lowest BCUT2D eigenvalue weighted by atomic mass is 10.0. The molecule has 0 aromatic carbocycles. The summed E-state index contributed by atoms with van der Waals surface area (Å²) in [6.07, 6.45) is 3.72. The molecule has 13 nitrogen and oxygen atoms in total. The summed E-state index contributed by atoms with van der Waals surface area (Å²) < 4.78 is 61.3. The highest BCUT2D eigenvalue weighted by molar-refractivity contribution is 7.90. The molecule has 1 aromatic rings. The highest BCUT2D eigenvalue weighted by atomic mass is 32.3. The summed E-state index contributed by atoms with van der Waals surface area (Å²) in [7, 11) is -8.99. The second kappa shape index (κ2) is 6.42. The smallest absolute Gasteiger partial charge is 0.310 e. The molecule has 0 saturated carbocycles. The first-order valence-corrected chi connectivity index (χ1v) is 10.1. The van der Waals surface area contributed by atoms with Gasteiger partial charge in [0.1, 0.15) is 17.1 Å². The van der Waals surface area contributed by atoms with Gasteiger partial charge in [0.2, 0.25) is 0 Å². The maximum atomic E-state index is 12.3. The Bertz CT molecular complexity index is 935. The van der Waals surface area contributed by atoms with Crippen LogP contribution in [0, 0.1) is 5.41 Å². The molecule has 142 valence electrons. The fourth-order valence-electron chi connectivity index (χ4n) is 2.83. The Kier molecular flexibility index (Phi) is 4.55. The van der Waals surface area contributed by atoms with Gasteiger partial charge in [0.15, 0.2) is 0 Å². The van der Waals surface area contributed by atoms with Crippen molar-refractivity contribution in [2.45, 2.75) is 29.8 Å². The van der Waals surface area contributed by atoms with Crippen molar-refractivity contribution in [3.8, 4) is 0 Å². The number of urea groups is 1. The van der Waals surface area contributed by atoms with Crippen molar-refractivity contribution >= 4 is 32.3 Å². The van der Waals surface area contributed by atoms with Gasteiger partial charge in [0, 0.05) is 6.54 Å². The van der Waals surface area contributed by atoms with Gasteiger partial charge in [0.25, 0.3) is 10.0 Å². The van der Waals surface area contributed by atoms with E-state index in [0.29, 0.717) is 5.06 Å². The van der Waals surface area contributed by atoms with Gasteiger partial charge in [-0.15, -0.1) is 4.28 Å². The van der Waals surface area contributed by atoms with Crippen LogP contribution in [0.15, 0.2) is 23.6 Å². The third-order valence-electron chi connectivity index (χ3n) is 3.92. The Morgan fingerprint density at radius 1 is 1.27 bits per heavy atom. The van der Waals surface area contributed by atoms with Gasteiger partial charge in [-0.05, 0) is 12.8 Å². The van der Waals surface area contributed by atoms with Crippen LogP contribution < -0.4 is 4.72 Å². The van der Waals surface area contributed by atoms with Gasteiger partial charge in [-0.3, -0.25) is 14.7 Å². The van der Waals surface area contributed by atoms with E-state index in [4.69, 9.17) is 9.96 Å². The van der Waals surface area contributed by atoms with Crippen LogP contribution in [0.25, 0.3) is 0 Å². The van der Waals surface area contributed by atoms with Crippen LogP contribution in [0.4, 0.5) is 4.79 Å². The largest absolute Gasteiger partial charge is 0.418 e. The van der Waals surface area contributed by atoms with Gasteiger partial charge in [-0.25, -0.2) is 23.2 Å². The molecule has 2 fully saturated rings. The lowest BCUT2D eigenvalue weighted by Gasteiger charge is -2.30. The van der Waals surface area contributed by atoms with Crippen molar-refractivity contribution in [3.05, 3.63) is 18.7 Å². The van der Waals surface area contributed by atoms with Crippen LogP contribution in [-0.2, 0) is 24.7 Å². The minimum Gasteiger partial charge on any atom is -0.310 e. The number of amides is 2. The number of hydrogen-bond donors (Lipinski definition) is 3. The minimum atomic E-state index is -4.88. The molecule has 2 bridgehead atoms. The van der Waals surface area contributed by atoms with Crippen molar-refractivity contribution in [2.24, 2.45) is 0 Å². The van der Waals surface area contributed by atoms with E-state index in [-0.39, 0.29) is 24.3 Å². The number of sulfonamides is 1. The van der Waals surface area contributed by atoms with E-state index >= 15 is 0 Å². The SMILES string of the molecule is N=C(NS(=O)(=O)c1cncnc1)[C@@H]1CC[C@@H]2CN1C(=O)N2OS(=O)(=O)O. The van der Waals surface area contributed by atoms with Crippen molar-refractivity contribution in [3.63, 3.8) is 0 Å². The number of hydroxylamine groups is 2. The normalized spacial score (nSPS) is 23.2. The molecular formula is C11H14N6O7S2. The van der Waals surface area contributed by atoms with E-state index in [0.717, 1.165) is 23.6 Å². The number of rotatable bonds is 5. The monoisotopic (exact) mass is 406 g/mol. The zero-order valence-corrected chi connectivity index (χ0v) is 14.6. The average Bonchev–Trinajstić information content (AvgIpc) is 2.79. The first-order chi connectivity index (χ1) is 12.1. The molecule has 2 atom stereocenters. The quantitative estimate of drug-likeness (QED) is 0.305. The molecule has 0 spiro atoms. The lowest BCUT2D eigenvalue weighted by Crippen LogP contribution is -2.50. The van der Waals surface area contributed by atoms with Crippen LogP contribution in [0.3, 0.4) is 0 Å². The topological polar surface area (TPSA) is 183 Å². The maximum Gasteiger partial charge on any atom is 0.418 e. The molecule has 0 radical (unpaired) electrons. The number of piperidine rings is 1. The van der Waals surface area contributed by atoms with E-state index in [1.165, 1.54) is 0 Å². The predicted molar refractivity (Wildman–Crippen MR) is 83.5 cm³/mol. The molecule has 2 amide bonds. The molecule has 3 heterocycles. The average molecular weight is 406 g/mol. The fourth-order valence-corrected chi connectivity index (χ4v) is 4.16. The van der Waals surface area contributed by atoms with Gasteiger partial charge in [-0.1, -0.05) is 0 Å². The van der Waals surface area contributed by atoms with Gasteiger partial charge in [-0.2, -0.15) is 13.5 Å². The summed E-state index contributed by atoms with van der Waals surface area (Å²) in [5.74, 6) is -0.464. The molecule has 2 saturated heterocycles. The number of hydrogen-bond acceptors (Lipinski definition) is 9. The fraction of sp³-hybridized carbons (Fsp3) is 0.455. The minimum absolute atomic E-state index is 0.0254. The van der Waals surface area contributed by atoms with Crippen molar-refractivity contribution in [1.82, 2.24) is 24.7 Å². The van der Waals surface area contributed by atoms with Gasteiger partial charge >= 0.3 is 16.4 Å². The first-order valence-electron chi connectivity index (χ1n) is 7.21. The molecule has 2 aliphatic heterocycles. The third-order valence-corrected chi connectivity index (χ3v) is 5.59. The van der Waals surface area contributed by atoms with Gasteiger partial charge < -0.3 is 4.90 Å². The molecule has 2 aliphatic rings. The van der Waals surface area contributed by atoms with E-state index in [1.807, 2.05) is 0 Å². The Hall–Kier alpha value is -2.36. The molecule has 15 heteroatoms. The molecule has 1 aromatic heterocycles. The van der Waals surface area contributed by atoms with E-state index in [9.17, 15) is 21.6 Å². The summed E-state index contributed by atoms with van der Waals surface area (Å²) in [4.78, 5) is 20.3. The summed E-state index contributed by atoms with van der Waals surface area (Å²) >= 11 is 0. The van der Waals surface area contributed by atoms with E-state index in [2.05, 4.69) is 19.0 Å². The summed E-state index contributed by atoms with van der Waals surface area (Å²) in [5.41, 5.74) is 0. The number of carbonyl (C=O) groups is 1. The number of nitrogens with zero attached hydrogens (tertiary/aromatic N) is 4. The third kappa shape index (κ3) is 3.59. The second-order valence-corrected chi connectivity index (χ2v) is 8.29. The predicted octanol–water partition coefficient (Wildman–Crippen LogP) is -1.26. The molecular weight excluding hydrogens is 392 g/mol. The van der Waals surface area contributed by atoms with E-state index < -0.39 is 44.4 Å². The van der Waals surface area contributed by atoms with Crippen LogP contribution in [0.1, 0.15) is 12.8 Å². The van der Waals surface area contributed by atoms with Crippen LogP contribution in [0.5, 0.6) is 0 Å². The maximum absolute atomic E-state index is 12.3. The van der Waals surface area contributed by atoms with Crippen molar-refractivity contribution in [1.29, 1.82) is 5.41 Å². The standard InChI is InChI=1S/C11H14N6O7S2/c12-10(15-25(19,20)8-3-13-6-14-4-8)9-2-1-7-5-16(9)11(18)17(7)24-26(21,22)23/h3-4,6-7,9H,1-2,5H2,(H2,12,15)(H,21,22,23)/t7-,9+/m1/s1. The molecule has 0 unspecified atom stereocenters. The molecule has 3 rings (SSSR count). The summed E-state index contributed by atoms with van der Waals surface area (Å²) in [5, 5.41) is 8.54. The summed E-state index contributed by atoms with van der Waals surface area (Å²) in [6.45, 7) is 0.0254. The highest BCUT2D eigenvalue weighted by Crippen LogP contribution is 2.31. The Morgan fingerprint density at radius 3 is 2.54 bits per heavy atom. The number of amidine groups is 1. The Balaban J connectivity index is 1.75. The van der Waals surface area contributed by atoms with Crippen LogP contribution in [0.2, 0.25) is 0 Å². The Labute approximate surface area is 148 Å². The van der Waals surface area contributed by atoms with Crippen molar-refractivity contribution in [2.75, 3.05) is 6.54 Å². The first kappa shape index (κ1) is 18.4.